The molecule has 206 valence electrons. The SMILES string of the molecule is C=CCN(CCN1CCOCC1)C(=O)C1N([C@H](CO)c2ccccc2)C(=O)[C@@H]2[C@H](C(=O)O)[C@H]3OC12CC3Br. The first-order valence-corrected chi connectivity index (χ1v) is 14.0. The van der Waals surface area contributed by atoms with E-state index in [0.29, 0.717) is 38.3 Å². The Bertz CT molecular complexity index is 1070. The molecule has 1 spiro atoms. The molecule has 2 bridgehead atoms. The molecule has 1 aromatic rings. The Balaban J connectivity index is 1.54. The number of hydrogen-bond acceptors (Lipinski definition) is 7. The first kappa shape index (κ1) is 27.3. The smallest absolute Gasteiger partial charge is 0.310 e. The summed E-state index contributed by atoms with van der Waals surface area (Å²) in [5.41, 5.74) is -0.644. The molecule has 4 aliphatic heterocycles. The van der Waals surface area contributed by atoms with Crippen molar-refractivity contribution in [3.05, 3.63) is 48.6 Å². The summed E-state index contributed by atoms with van der Waals surface area (Å²) >= 11 is 3.57. The quantitative estimate of drug-likeness (QED) is 0.304. The minimum atomic E-state index is -1.31. The van der Waals surface area contributed by atoms with Crippen LogP contribution in [0.1, 0.15) is 18.0 Å². The molecule has 11 heteroatoms. The van der Waals surface area contributed by atoms with Crippen LogP contribution in [0.3, 0.4) is 0 Å². The van der Waals surface area contributed by atoms with Gasteiger partial charge in [0.05, 0.1) is 43.8 Å². The number of halogens is 1. The molecule has 2 N–H and O–H groups in total. The zero-order valence-corrected chi connectivity index (χ0v) is 22.7. The Kier molecular flexibility index (Phi) is 7.93. The largest absolute Gasteiger partial charge is 0.481 e. The fourth-order valence-corrected chi connectivity index (χ4v) is 7.64. The highest BCUT2D eigenvalue weighted by Gasteiger charge is 2.77. The molecule has 38 heavy (non-hydrogen) atoms. The number of carbonyl (C=O) groups excluding carboxylic acids is 2. The van der Waals surface area contributed by atoms with E-state index in [9.17, 15) is 24.6 Å². The molecule has 1 aromatic carbocycles. The predicted molar refractivity (Wildman–Crippen MR) is 140 cm³/mol. The van der Waals surface area contributed by atoms with Crippen LogP contribution < -0.4 is 0 Å². The number of morpholine rings is 1. The van der Waals surface area contributed by atoms with Gasteiger partial charge in [0.1, 0.15) is 11.6 Å². The van der Waals surface area contributed by atoms with E-state index in [1.54, 1.807) is 35.2 Å². The Morgan fingerprint density at radius 1 is 1.26 bits per heavy atom. The number of benzene rings is 1. The maximum absolute atomic E-state index is 14.4. The van der Waals surface area contributed by atoms with Crippen LogP contribution in [0, 0.1) is 11.8 Å². The molecule has 0 radical (unpaired) electrons. The van der Waals surface area contributed by atoms with Crippen molar-refractivity contribution < 1.29 is 34.1 Å². The lowest BCUT2D eigenvalue weighted by Gasteiger charge is -2.40. The van der Waals surface area contributed by atoms with Crippen LogP contribution in [0.4, 0.5) is 0 Å². The molecule has 0 aromatic heterocycles. The fourth-order valence-electron chi connectivity index (χ4n) is 6.70. The Hall–Kier alpha value is -2.31. The number of likely N-dealkylation sites (tertiary alicyclic amines) is 1. The van der Waals surface area contributed by atoms with Crippen LogP contribution in [0.15, 0.2) is 43.0 Å². The number of hydrogen-bond donors (Lipinski definition) is 2. The Morgan fingerprint density at radius 3 is 2.61 bits per heavy atom. The van der Waals surface area contributed by atoms with E-state index in [2.05, 4.69) is 27.4 Å². The van der Waals surface area contributed by atoms with Crippen LogP contribution in [-0.2, 0) is 23.9 Å². The van der Waals surface area contributed by atoms with E-state index in [1.807, 2.05) is 6.07 Å². The van der Waals surface area contributed by atoms with Crippen molar-refractivity contribution in [1.29, 1.82) is 0 Å². The van der Waals surface area contributed by atoms with Crippen molar-refractivity contribution in [3.8, 4) is 0 Å². The molecule has 4 saturated heterocycles. The summed E-state index contributed by atoms with van der Waals surface area (Å²) in [6.45, 7) is 7.53. The molecule has 4 aliphatic rings. The maximum Gasteiger partial charge on any atom is 0.310 e. The average molecular weight is 592 g/mol. The van der Waals surface area contributed by atoms with Gasteiger partial charge in [-0.15, -0.1) is 6.58 Å². The third-order valence-electron chi connectivity index (χ3n) is 8.39. The van der Waals surface area contributed by atoms with Gasteiger partial charge in [-0.25, -0.2) is 0 Å². The monoisotopic (exact) mass is 591 g/mol. The summed E-state index contributed by atoms with van der Waals surface area (Å²) in [5.74, 6) is -4.02. The molecule has 7 atom stereocenters. The van der Waals surface area contributed by atoms with Crippen molar-refractivity contribution in [2.24, 2.45) is 11.8 Å². The molecular weight excluding hydrogens is 558 g/mol. The lowest BCUT2D eigenvalue weighted by Crippen LogP contribution is -2.58. The highest BCUT2D eigenvalue weighted by Crippen LogP contribution is 2.61. The molecule has 0 saturated carbocycles. The number of carboxylic acids is 1. The van der Waals surface area contributed by atoms with Crippen LogP contribution in [0.2, 0.25) is 0 Å². The molecule has 4 heterocycles. The zero-order valence-electron chi connectivity index (χ0n) is 21.2. The van der Waals surface area contributed by atoms with E-state index in [1.165, 1.54) is 4.90 Å². The second kappa shape index (κ2) is 11.1. The summed E-state index contributed by atoms with van der Waals surface area (Å²) in [6, 6.07) is 7.11. The first-order valence-electron chi connectivity index (χ1n) is 13.1. The van der Waals surface area contributed by atoms with E-state index < -0.39 is 54.1 Å². The summed E-state index contributed by atoms with van der Waals surface area (Å²) in [6.07, 6.45) is 1.25. The van der Waals surface area contributed by atoms with Gasteiger partial charge in [-0.2, -0.15) is 0 Å². The number of nitrogens with zero attached hydrogens (tertiary/aromatic N) is 3. The number of ether oxygens (including phenoxy) is 2. The molecular formula is C27H34BrN3O7. The van der Waals surface area contributed by atoms with Gasteiger partial charge in [0.25, 0.3) is 0 Å². The summed E-state index contributed by atoms with van der Waals surface area (Å²) < 4.78 is 11.8. The summed E-state index contributed by atoms with van der Waals surface area (Å²) in [4.78, 5) is 45.9. The van der Waals surface area contributed by atoms with E-state index in [4.69, 9.17) is 9.47 Å². The number of rotatable bonds is 10. The van der Waals surface area contributed by atoms with Crippen molar-refractivity contribution in [1.82, 2.24) is 14.7 Å². The third kappa shape index (κ3) is 4.48. The van der Waals surface area contributed by atoms with Crippen LogP contribution in [0.25, 0.3) is 0 Å². The molecule has 5 rings (SSSR count). The van der Waals surface area contributed by atoms with Gasteiger partial charge in [-0.05, 0) is 12.0 Å². The fraction of sp³-hybridized carbons (Fsp3) is 0.593. The molecule has 10 nitrogen and oxygen atoms in total. The van der Waals surface area contributed by atoms with Crippen molar-refractivity contribution in [2.75, 3.05) is 52.5 Å². The predicted octanol–water partition coefficient (Wildman–Crippen LogP) is 0.899. The molecule has 2 amide bonds. The number of carbonyl (C=O) groups is 3. The molecule has 0 aliphatic carbocycles. The van der Waals surface area contributed by atoms with Gasteiger partial charge >= 0.3 is 5.97 Å². The standard InChI is InChI=1S/C27H34BrN3O7/c1-2-8-30(10-9-29-11-13-37-14-12-29)25(34)23-27-15-18(28)22(38-27)20(26(35)36)21(27)24(33)31(23)19(16-32)17-6-4-3-5-7-17/h2-7,18-23,32H,1,8-16H2,(H,35,36)/t18?,19-,20+,21+,22+,23?,27?/m1/s1. The number of amides is 2. The molecule has 4 fully saturated rings. The minimum absolute atomic E-state index is 0.265. The highest BCUT2D eigenvalue weighted by molar-refractivity contribution is 9.09. The third-order valence-corrected chi connectivity index (χ3v) is 9.24. The van der Waals surface area contributed by atoms with Gasteiger partial charge in [0.2, 0.25) is 11.8 Å². The van der Waals surface area contributed by atoms with Gasteiger partial charge in [-0.1, -0.05) is 52.3 Å². The maximum atomic E-state index is 14.4. The van der Waals surface area contributed by atoms with Crippen molar-refractivity contribution >= 4 is 33.7 Å². The Labute approximate surface area is 230 Å². The lowest BCUT2D eigenvalue weighted by molar-refractivity contribution is -0.153. The number of fused-ring (bicyclic) bond motifs is 1. The number of carboxylic acid groups (broad SMARTS) is 1. The lowest BCUT2D eigenvalue weighted by atomic mass is 9.70. The number of alkyl halides is 1. The number of aliphatic hydroxyl groups excluding tert-OH is 1. The van der Waals surface area contributed by atoms with Gasteiger partial charge in [-0.3, -0.25) is 19.3 Å². The van der Waals surface area contributed by atoms with Gasteiger partial charge < -0.3 is 29.5 Å². The topological polar surface area (TPSA) is 120 Å². The Morgan fingerprint density at radius 2 is 1.97 bits per heavy atom. The van der Waals surface area contributed by atoms with E-state index in [0.717, 1.165) is 13.1 Å². The van der Waals surface area contributed by atoms with Gasteiger partial charge in [0.15, 0.2) is 0 Å². The van der Waals surface area contributed by atoms with Gasteiger partial charge in [0, 0.05) is 37.6 Å². The van der Waals surface area contributed by atoms with Crippen molar-refractivity contribution in [2.45, 2.75) is 35.0 Å². The van der Waals surface area contributed by atoms with Crippen molar-refractivity contribution in [3.63, 3.8) is 0 Å². The molecule has 3 unspecified atom stereocenters. The number of aliphatic hydroxyl groups is 1. The number of aliphatic carboxylic acids is 1. The van der Waals surface area contributed by atoms with E-state index >= 15 is 0 Å². The second-order valence-electron chi connectivity index (χ2n) is 10.4. The van der Waals surface area contributed by atoms with Crippen LogP contribution >= 0.6 is 15.9 Å². The van der Waals surface area contributed by atoms with E-state index in [-0.39, 0.29) is 17.3 Å². The second-order valence-corrected chi connectivity index (χ2v) is 11.6. The average Bonchev–Trinajstić information content (AvgIpc) is 3.51. The van der Waals surface area contributed by atoms with Crippen LogP contribution in [-0.4, -0.2) is 118 Å². The zero-order chi connectivity index (χ0) is 27.0. The first-order chi connectivity index (χ1) is 18.3. The highest BCUT2D eigenvalue weighted by atomic mass is 79.9. The normalized spacial score (nSPS) is 33.3. The summed E-state index contributed by atoms with van der Waals surface area (Å²) in [7, 11) is 0. The summed E-state index contributed by atoms with van der Waals surface area (Å²) in [5, 5.41) is 20.6. The van der Waals surface area contributed by atoms with Crippen LogP contribution in [0.5, 0.6) is 0 Å². The minimum Gasteiger partial charge on any atom is -0.481 e.